The number of fused-ring (bicyclic) bond motifs is 1. The summed E-state index contributed by atoms with van der Waals surface area (Å²) < 4.78 is 13.8. The Morgan fingerprint density at radius 3 is 3.00 bits per heavy atom. The number of thiophene rings is 1. The van der Waals surface area contributed by atoms with Crippen molar-refractivity contribution in [2.24, 2.45) is 0 Å². The third kappa shape index (κ3) is 2.36. The highest BCUT2D eigenvalue weighted by atomic mass is 35.5. The highest BCUT2D eigenvalue weighted by Crippen LogP contribution is 2.42. The summed E-state index contributed by atoms with van der Waals surface area (Å²) in [5, 5.41) is 14.1. The Hall–Kier alpha value is -1.66. The lowest BCUT2D eigenvalue weighted by Gasteiger charge is -2.14. The van der Waals surface area contributed by atoms with Crippen molar-refractivity contribution >= 4 is 34.3 Å². The lowest BCUT2D eigenvalue weighted by atomic mass is 10.1. The Labute approximate surface area is 123 Å². The van der Waals surface area contributed by atoms with Gasteiger partial charge in [0.25, 0.3) is 5.69 Å². The van der Waals surface area contributed by atoms with E-state index in [2.05, 4.69) is 5.32 Å². The SMILES string of the molecule is O=[N+]([O-])c1cc(F)ccc1NC1CCc2sc(Cl)cc21. The average Bonchev–Trinajstić information content (AvgIpc) is 2.92. The van der Waals surface area contributed by atoms with Crippen LogP contribution in [0.1, 0.15) is 22.9 Å². The monoisotopic (exact) mass is 312 g/mol. The number of hydrogen-bond donors (Lipinski definition) is 1. The fraction of sp³-hybridized carbons (Fsp3) is 0.231. The first-order chi connectivity index (χ1) is 9.54. The largest absolute Gasteiger partial charge is 0.373 e. The molecule has 7 heteroatoms. The molecule has 0 radical (unpaired) electrons. The van der Waals surface area contributed by atoms with Crippen LogP contribution in [-0.2, 0) is 6.42 Å². The number of anilines is 1. The second kappa shape index (κ2) is 5.03. The van der Waals surface area contributed by atoms with Gasteiger partial charge < -0.3 is 5.32 Å². The van der Waals surface area contributed by atoms with Crippen molar-refractivity contribution in [2.75, 3.05) is 5.32 Å². The molecule has 1 aliphatic carbocycles. The lowest BCUT2D eigenvalue weighted by Crippen LogP contribution is -2.08. The van der Waals surface area contributed by atoms with Crippen molar-refractivity contribution in [3.8, 4) is 0 Å². The number of halogens is 2. The topological polar surface area (TPSA) is 55.2 Å². The van der Waals surface area contributed by atoms with Crippen LogP contribution in [0.3, 0.4) is 0 Å². The fourth-order valence-electron chi connectivity index (χ4n) is 2.45. The van der Waals surface area contributed by atoms with E-state index in [1.54, 1.807) is 0 Å². The van der Waals surface area contributed by atoms with E-state index in [4.69, 9.17) is 11.6 Å². The number of benzene rings is 1. The molecule has 2 aromatic rings. The van der Waals surface area contributed by atoms with Crippen LogP contribution in [0.15, 0.2) is 24.3 Å². The normalized spacial score (nSPS) is 17.0. The first-order valence-electron chi connectivity index (χ1n) is 6.03. The van der Waals surface area contributed by atoms with Crippen molar-refractivity contribution < 1.29 is 9.31 Å². The molecule has 104 valence electrons. The maximum atomic E-state index is 13.1. The predicted molar refractivity (Wildman–Crippen MR) is 77.1 cm³/mol. The van der Waals surface area contributed by atoms with E-state index in [0.717, 1.165) is 28.8 Å². The van der Waals surface area contributed by atoms with Gasteiger partial charge in [-0.1, -0.05) is 11.6 Å². The van der Waals surface area contributed by atoms with Crippen LogP contribution in [0.4, 0.5) is 15.8 Å². The molecule has 1 heterocycles. The molecule has 3 rings (SSSR count). The van der Waals surface area contributed by atoms with E-state index in [-0.39, 0.29) is 11.7 Å². The van der Waals surface area contributed by atoms with Gasteiger partial charge in [-0.2, -0.15) is 0 Å². The fourth-order valence-corrected chi connectivity index (χ4v) is 3.80. The molecular weight excluding hydrogens is 303 g/mol. The minimum absolute atomic E-state index is 0.0158. The molecule has 1 aliphatic rings. The summed E-state index contributed by atoms with van der Waals surface area (Å²) >= 11 is 7.52. The van der Waals surface area contributed by atoms with Crippen molar-refractivity contribution in [1.82, 2.24) is 0 Å². The van der Waals surface area contributed by atoms with Gasteiger partial charge in [0.05, 0.1) is 21.4 Å². The number of nitrogens with one attached hydrogen (secondary N) is 1. The molecule has 0 aliphatic heterocycles. The van der Waals surface area contributed by atoms with Gasteiger partial charge in [0, 0.05) is 4.88 Å². The highest BCUT2D eigenvalue weighted by Gasteiger charge is 2.27. The zero-order valence-corrected chi connectivity index (χ0v) is 11.8. The number of nitro groups is 1. The minimum atomic E-state index is -0.618. The van der Waals surface area contributed by atoms with Crippen LogP contribution >= 0.6 is 22.9 Å². The maximum absolute atomic E-state index is 13.1. The van der Waals surface area contributed by atoms with E-state index in [9.17, 15) is 14.5 Å². The standard InChI is InChI=1S/C13H10ClFN2O2S/c14-13-6-8-9(3-4-12(8)20-13)16-10-2-1-7(15)5-11(10)17(18)19/h1-2,5-6,9,16H,3-4H2. The van der Waals surface area contributed by atoms with E-state index >= 15 is 0 Å². The summed E-state index contributed by atoms with van der Waals surface area (Å²) in [7, 11) is 0. The van der Waals surface area contributed by atoms with Crippen LogP contribution in [-0.4, -0.2) is 4.92 Å². The maximum Gasteiger partial charge on any atom is 0.295 e. The molecule has 0 spiro atoms. The van der Waals surface area contributed by atoms with E-state index in [0.29, 0.717) is 5.69 Å². The zero-order chi connectivity index (χ0) is 14.3. The van der Waals surface area contributed by atoms with Crippen molar-refractivity contribution in [2.45, 2.75) is 18.9 Å². The molecule has 4 nitrogen and oxygen atoms in total. The molecule has 1 atom stereocenters. The lowest BCUT2D eigenvalue weighted by molar-refractivity contribution is -0.384. The first kappa shape index (κ1) is 13.3. The molecule has 1 N–H and O–H groups in total. The summed E-state index contributed by atoms with van der Waals surface area (Å²) in [5.41, 5.74) is 1.16. The Morgan fingerprint density at radius 2 is 2.25 bits per heavy atom. The van der Waals surface area contributed by atoms with Gasteiger partial charge in [0.1, 0.15) is 11.5 Å². The number of nitro benzene ring substituents is 1. The van der Waals surface area contributed by atoms with Gasteiger partial charge >= 0.3 is 0 Å². The van der Waals surface area contributed by atoms with Gasteiger partial charge in [-0.25, -0.2) is 4.39 Å². The molecule has 0 amide bonds. The quantitative estimate of drug-likeness (QED) is 0.668. The van der Waals surface area contributed by atoms with Crippen molar-refractivity contribution in [3.63, 3.8) is 0 Å². The summed E-state index contributed by atoms with van der Waals surface area (Å²) in [6, 6.07) is 5.42. The number of rotatable bonds is 3. The van der Waals surface area contributed by atoms with Gasteiger partial charge in [0.15, 0.2) is 0 Å². The van der Waals surface area contributed by atoms with E-state index < -0.39 is 10.7 Å². The van der Waals surface area contributed by atoms with Gasteiger partial charge in [0.2, 0.25) is 0 Å². The Kier molecular flexibility index (Phi) is 3.35. The molecule has 0 bridgehead atoms. The summed E-state index contributed by atoms with van der Waals surface area (Å²) in [4.78, 5) is 11.6. The van der Waals surface area contributed by atoms with E-state index in [1.165, 1.54) is 28.3 Å². The minimum Gasteiger partial charge on any atom is -0.373 e. The summed E-state index contributed by atoms with van der Waals surface area (Å²) in [6.45, 7) is 0. The molecule has 0 fully saturated rings. The second-order valence-corrected chi connectivity index (χ2v) is 6.35. The molecule has 0 saturated heterocycles. The summed E-state index contributed by atoms with van der Waals surface area (Å²) in [5.74, 6) is -0.618. The Balaban J connectivity index is 1.91. The molecule has 1 unspecified atom stereocenters. The smallest absolute Gasteiger partial charge is 0.295 e. The Morgan fingerprint density at radius 1 is 1.45 bits per heavy atom. The Bertz CT molecular complexity index is 689. The van der Waals surface area contributed by atoms with Crippen LogP contribution in [0.5, 0.6) is 0 Å². The molecule has 1 aromatic heterocycles. The number of aryl methyl sites for hydroxylation is 1. The van der Waals surface area contributed by atoms with E-state index in [1.807, 2.05) is 6.07 Å². The van der Waals surface area contributed by atoms with Crippen LogP contribution in [0, 0.1) is 15.9 Å². The third-order valence-corrected chi connectivity index (χ3v) is 4.67. The van der Waals surface area contributed by atoms with Crippen LogP contribution in [0.25, 0.3) is 0 Å². The zero-order valence-electron chi connectivity index (χ0n) is 10.2. The van der Waals surface area contributed by atoms with Gasteiger partial charge in [-0.05, 0) is 36.6 Å². The highest BCUT2D eigenvalue weighted by molar-refractivity contribution is 7.16. The first-order valence-corrected chi connectivity index (χ1v) is 7.22. The van der Waals surface area contributed by atoms with Crippen molar-refractivity contribution in [3.05, 3.63) is 55.0 Å². The number of nitrogens with zero attached hydrogens (tertiary/aromatic N) is 1. The van der Waals surface area contributed by atoms with Gasteiger partial charge in [-0.3, -0.25) is 10.1 Å². The molecule has 20 heavy (non-hydrogen) atoms. The van der Waals surface area contributed by atoms with Gasteiger partial charge in [-0.15, -0.1) is 11.3 Å². The van der Waals surface area contributed by atoms with Crippen molar-refractivity contribution in [1.29, 1.82) is 0 Å². The van der Waals surface area contributed by atoms with Crippen LogP contribution in [0.2, 0.25) is 4.34 Å². The third-order valence-electron chi connectivity index (χ3n) is 3.33. The van der Waals surface area contributed by atoms with Crippen LogP contribution < -0.4 is 5.32 Å². The average molecular weight is 313 g/mol. The number of hydrogen-bond acceptors (Lipinski definition) is 4. The summed E-state index contributed by atoms with van der Waals surface area (Å²) in [6.07, 6.45) is 1.76. The second-order valence-electron chi connectivity index (χ2n) is 4.58. The molecule has 0 saturated carbocycles. The molecule has 1 aromatic carbocycles. The predicted octanol–water partition coefficient (Wildman–Crippen LogP) is 4.55. The molecular formula is C13H10ClFN2O2S.